The van der Waals surface area contributed by atoms with Crippen LogP contribution in [0.15, 0.2) is 77.7 Å². The first-order chi connectivity index (χ1) is 15.2. The highest BCUT2D eigenvalue weighted by Gasteiger charge is 2.14. The summed E-state index contributed by atoms with van der Waals surface area (Å²) in [6, 6.07) is 23.9. The molecule has 0 saturated heterocycles. The molecule has 0 unspecified atom stereocenters. The number of thioether (sulfide) groups is 1. The molecule has 152 valence electrons. The van der Waals surface area contributed by atoms with Crippen LogP contribution in [0, 0.1) is 11.8 Å². The maximum atomic E-state index is 10.9. The van der Waals surface area contributed by atoms with Gasteiger partial charge >= 0.3 is 0 Å². The average molecular weight is 423 g/mol. The van der Waals surface area contributed by atoms with Crippen molar-refractivity contribution < 1.29 is 10.2 Å². The van der Waals surface area contributed by atoms with Crippen molar-refractivity contribution in [1.82, 2.24) is 0 Å². The predicted octanol–water partition coefficient (Wildman–Crippen LogP) is 6.08. The van der Waals surface area contributed by atoms with Crippen molar-refractivity contribution in [2.45, 2.75) is 24.2 Å². The third-order valence-electron chi connectivity index (χ3n) is 5.70. The molecule has 0 amide bonds. The van der Waals surface area contributed by atoms with Gasteiger partial charge in [0.25, 0.3) is 0 Å². The number of benzene rings is 4. The topological polar surface area (TPSA) is 40.5 Å². The van der Waals surface area contributed by atoms with Crippen molar-refractivity contribution in [3.05, 3.63) is 101 Å². The van der Waals surface area contributed by atoms with Crippen LogP contribution in [-0.4, -0.2) is 16.0 Å². The third-order valence-corrected chi connectivity index (χ3v) is 6.82. The number of aromatic hydroxyl groups is 2. The van der Waals surface area contributed by atoms with Gasteiger partial charge in [0, 0.05) is 40.0 Å². The molecule has 5 rings (SSSR count). The average Bonchev–Trinajstić information content (AvgIpc) is 3.26. The van der Waals surface area contributed by atoms with Crippen LogP contribution < -0.4 is 0 Å². The Morgan fingerprint density at radius 1 is 0.871 bits per heavy atom. The summed E-state index contributed by atoms with van der Waals surface area (Å²) in [4.78, 5) is 1.40. The molecule has 0 fully saturated rings. The van der Waals surface area contributed by atoms with Crippen molar-refractivity contribution in [2.24, 2.45) is 0 Å². The molecule has 0 saturated carbocycles. The van der Waals surface area contributed by atoms with Crippen molar-refractivity contribution in [3.8, 4) is 23.3 Å². The molecule has 3 heteroatoms. The van der Waals surface area contributed by atoms with Crippen molar-refractivity contribution in [3.63, 3.8) is 0 Å². The van der Waals surface area contributed by atoms with Gasteiger partial charge in [0.2, 0.25) is 0 Å². The Labute approximate surface area is 186 Å². The molecule has 4 aromatic rings. The SMILES string of the molecule is Oc1cc2ccc(C#CCc3ccc4c(c3)CCS4)cc2c(O)c1Cc1ccccc1. The first-order valence-electron chi connectivity index (χ1n) is 10.4. The van der Waals surface area contributed by atoms with Gasteiger partial charge in [-0.3, -0.25) is 0 Å². The fraction of sp³-hybridized carbons (Fsp3) is 0.143. The van der Waals surface area contributed by atoms with Crippen molar-refractivity contribution >= 4 is 22.5 Å². The number of rotatable bonds is 3. The molecule has 0 atom stereocenters. The second-order valence-corrected chi connectivity index (χ2v) is 8.98. The molecule has 1 heterocycles. The highest BCUT2D eigenvalue weighted by atomic mass is 32.2. The standard InChI is InChI=1S/C28H22O2S/c29-26-18-22-11-9-21(8-4-7-20-10-12-27-23(15-20)13-14-31-27)16-24(22)28(30)25(26)17-19-5-2-1-3-6-19/h1-3,5-6,9-12,15-16,18,29-30H,7,13-14,17H2. The fourth-order valence-electron chi connectivity index (χ4n) is 4.06. The van der Waals surface area contributed by atoms with Crippen LogP contribution in [0.5, 0.6) is 11.5 Å². The van der Waals surface area contributed by atoms with Gasteiger partial charge in [-0.15, -0.1) is 11.8 Å². The van der Waals surface area contributed by atoms with E-state index in [0.717, 1.165) is 22.9 Å². The van der Waals surface area contributed by atoms with Gasteiger partial charge in [0.05, 0.1) is 0 Å². The van der Waals surface area contributed by atoms with E-state index in [1.165, 1.54) is 21.8 Å². The van der Waals surface area contributed by atoms with Crippen LogP contribution in [0.1, 0.15) is 27.8 Å². The van der Waals surface area contributed by atoms with E-state index in [4.69, 9.17) is 0 Å². The van der Waals surface area contributed by atoms with Gasteiger partial charge in [-0.2, -0.15) is 0 Å². The molecular formula is C28H22O2S. The minimum Gasteiger partial charge on any atom is -0.507 e. The third kappa shape index (κ3) is 4.13. The summed E-state index contributed by atoms with van der Waals surface area (Å²) in [6.45, 7) is 0. The van der Waals surface area contributed by atoms with Crippen LogP contribution in [0.25, 0.3) is 10.8 Å². The van der Waals surface area contributed by atoms with Gasteiger partial charge in [-0.05, 0) is 52.8 Å². The van der Waals surface area contributed by atoms with Crippen LogP contribution in [-0.2, 0) is 19.3 Å². The Hall–Kier alpha value is -3.35. The minimum absolute atomic E-state index is 0.113. The van der Waals surface area contributed by atoms with Crippen LogP contribution in [0.2, 0.25) is 0 Å². The number of hydrogen-bond acceptors (Lipinski definition) is 3. The Bertz CT molecular complexity index is 1330. The molecule has 0 aromatic heterocycles. The maximum Gasteiger partial charge on any atom is 0.130 e. The molecule has 31 heavy (non-hydrogen) atoms. The van der Waals surface area contributed by atoms with Crippen molar-refractivity contribution in [2.75, 3.05) is 5.75 Å². The van der Waals surface area contributed by atoms with Gasteiger partial charge in [-0.1, -0.05) is 60.4 Å². The van der Waals surface area contributed by atoms with E-state index in [2.05, 4.69) is 30.0 Å². The summed E-state index contributed by atoms with van der Waals surface area (Å²) in [5.41, 5.74) is 5.12. The zero-order valence-corrected chi connectivity index (χ0v) is 17.9. The first kappa shape index (κ1) is 19.6. The second kappa shape index (κ2) is 8.41. The zero-order valence-electron chi connectivity index (χ0n) is 17.1. The Kier molecular flexibility index (Phi) is 5.32. The number of fused-ring (bicyclic) bond motifs is 2. The fourth-order valence-corrected chi connectivity index (χ4v) is 5.11. The summed E-state index contributed by atoms with van der Waals surface area (Å²) in [5.74, 6) is 7.92. The molecular weight excluding hydrogens is 400 g/mol. The number of phenolic OH excluding ortho intramolecular Hbond substituents is 2. The smallest absolute Gasteiger partial charge is 0.130 e. The van der Waals surface area contributed by atoms with E-state index in [-0.39, 0.29) is 11.5 Å². The lowest BCUT2D eigenvalue weighted by Crippen LogP contribution is -1.91. The molecule has 2 N–H and O–H groups in total. The summed E-state index contributed by atoms with van der Waals surface area (Å²) < 4.78 is 0. The molecule has 0 radical (unpaired) electrons. The lowest BCUT2D eigenvalue weighted by atomic mass is 9.97. The zero-order chi connectivity index (χ0) is 21.2. The largest absolute Gasteiger partial charge is 0.507 e. The van der Waals surface area contributed by atoms with Gasteiger partial charge < -0.3 is 10.2 Å². The van der Waals surface area contributed by atoms with E-state index in [1.54, 1.807) is 6.07 Å². The molecule has 2 nitrogen and oxygen atoms in total. The summed E-state index contributed by atoms with van der Waals surface area (Å²) in [6.07, 6.45) is 2.32. The highest BCUT2D eigenvalue weighted by molar-refractivity contribution is 7.99. The van der Waals surface area contributed by atoms with Crippen molar-refractivity contribution in [1.29, 1.82) is 0 Å². The van der Waals surface area contributed by atoms with Gasteiger partial charge in [0.15, 0.2) is 0 Å². The van der Waals surface area contributed by atoms with Crippen LogP contribution in [0.4, 0.5) is 0 Å². The van der Waals surface area contributed by atoms with E-state index in [9.17, 15) is 10.2 Å². The molecule has 0 bridgehead atoms. The Morgan fingerprint density at radius 2 is 1.74 bits per heavy atom. The molecule has 0 aliphatic carbocycles. The summed E-state index contributed by atoms with van der Waals surface area (Å²) in [7, 11) is 0. The molecule has 1 aliphatic heterocycles. The highest BCUT2D eigenvalue weighted by Crippen LogP contribution is 2.37. The maximum absolute atomic E-state index is 10.9. The summed E-state index contributed by atoms with van der Waals surface area (Å²) >= 11 is 1.92. The van der Waals surface area contributed by atoms with E-state index in [1.807, 2.05) is 60.3 Å². The van der Waals surface area contributed by atoms with Crippen LogP contribution >= 0.6 is 11.8 Å². The minimum atomic E-state index is 0.113. The van der Waals surface area contributed by atoms with Crippen LogP contribution in [0.3, 0.4) is 0 Å². The predicted molar refractivity (Wildman–Crippen MR) is 128 cm³/mol. The number of hydrogen-bond donors (Lipinski definition) is 2. The van der Waals surface area contributed by atoms with E-state index in [0.29, 0.717) is 23.8 Å². The second-order valence-electron chi connectivity index (χ2n) is 7.84. The quantitative estimate of drug-likeness (QED) is 0.393. The number of aryl methyl sites for hydroxylation is 1. The van der Waals surface area contributed by atoms with E-state index < -0.39 is 0 Å². The first-order valence-corrected chi connectivity index (χ1v) is 11.4. The Balaban J connectivity index is 1.42. The monoisotopic (exact) mass is 422 g/mol. The molecule has 1 aliphatic rings. The normalized spacial score (nSPS) is 12.4. The Morgan fingerprint density at radius 3 is 2.61 bits per heavy atom. The van der Waals surface area contributed by atoms with E-state index >= 15 is 0 Å². The lowest BCUT2D eigenvalue weighted by molar-refractivity contribution is 0.445. The summed E-state index contributed by atoms with van der Waals surface area (Å²) in [5, 5.41) is 22.9. The number of phenols is 2. The van der Waals surface area contributed by atoms with Gasteiger partial charge in [-0.25, -0.2) is 0 Å². The molecule has 4 aromatic carbocycles. The lowest BCUT2D eigenvalue weighted by Gasteiger charge is -2.11. The van der Waals surface area contributed by atoms with Gasteiger partial charge in [0.1, 0.15) is 11.5 Å². The molecule has 0 spiro atoms.